The van der Waals surface area contributed by atoms with Gasteiger partial charge in [-0.2, -0.15) is 0 Å². The number of anilines is 1. The van der Waals surface area contributed by atoms with E-state index in [0.717, 1.165) is 5.56 Å². The van der Waals surface area contributed by atoms with Crippen molar-refractivity contribution < 1.29 is 14.6 Å². The zero-order valence-electron chi connectivity index (χ0n) is 11.7. The Hall–Kier alpha value is -2.53. The highest BCUT2D eigenvalue weighted by Crippen LogP contribution is 2.23. The van der Waals surface area contributed by atoms with E-state index in [2.05, 4.69) is 10.6 Å². The van der Waals surface area contributed by atoms with Crippen LogP contribution in [0.15, 0.2) is 54.6 Å². The largest absolute Gasteiger partial charge is 0.495 e. The molecule has 0 fully saturated rings. The summed E-state index contributed by atoms with van der Waals surface area (Å²) in [6, 6.07) is 15.6. The molecular formula is C16H18N2O3. The molecule has 1 atom stereocenters. The molecule has 2 amide bonds. The zero-order valence-corrected chi connectivity index (χ0v) is 11.7. The van der Waals surface area contributed by atoms with Gasteiger partial charge in [-0.05, 0) is 17.7 Å². The second-order valence-corrected chi connectivity index (χ2v) is 4.44. The lowest BCUT2D eigenvalue weighted by Gasteiger charge is -2.18. The van der Waals surface area contributed by atoms with Gasteiger partial charge in [-0.3, -0.25) is 0 Å². The molecule has 0 aromatic heterocycles. The van der Waals surface area contributed by atoms with Crippen LogP contribution >= 0.6 is 0 Å². The van der Waals surface area contributed by atoms with E-state index in [4.69, 9.17) is 4.74 Å². The van der Waals surface area contributed by atoms with Crippen LogP contribution in [0.3, 0.4) is 0 Å². The summed E-state index contributed by atoms with van der Waals surface area (Å²) < 4.78 is 5.17. The highest BCUT2D eigenvalue weighted by molar-refractivity contribution is 5.91. The summed E-state index contributed by atoms with van der Waals surface area (Å²) in [6.07, 6.45) is 0. The molecule has 2 aromatic carbocycles. The predicted octanol–water partition coefficient (Wildman–Crippen LogP) is 2.55. The van der Waals surface area contributed by atoms with Crippen molar-refractivity contribution in [1.29, 1.82) is 0 Å². The van der Waals surface area contributed by atoms with Crippen molar-refractivity contribution >= 4 is 11.7 Å². The lowest BCUT2D eigenvalue weighted by atomic mass is 10.1. The number of amides is 2. The van der Waals surface area contributed by atoms with Crippen molar-refractivity contribution in [2.45, 2.75) is 6.04 Å². The smallest absolute Gasteiger partial charge is 0.319 e. The molecule has 2 rings (SSSR count). The molecule has 0 radical (unpaired) electrons. The summed E-state index contributed by atoms with van der Waals surface area (Å²) in [5.74, 6) is 0.577. The number of aliphatic hydroxyl groups is 1. The summed E-state index contributed by atoms with van der Waals surface area (Å²) in [5.41, 5.74) is 1.41. The monoisotopic (exact) mass is 286 g/mol. The highest BCUT2D eigenvalue weighted by Gasteiger charge is 2.14. The molecule has 21 heavy (non-hydrogen) atoms. The number of carbonyl (C=O) groups excluding carboxylic acids is 1. The Bertz CT molecular complexity index is 587. The predicted molar refractivity (Wildman–Crippen MR) is 81.4 cm³/mol. The summed E-state index contributed by atoms with van der Waals surface area (Å²) in [4.78, 5) is 12.0. The number of benzene rings is 2. The Morgan fingerprint density at radius 1 is 1.14 bits per heavy atom. The standard InChI is InChI=1S/C16H18N2O3/c1-21-15-10-6-5-9-13(15)17-16(20)18-14(11-19)12-7-3-2-4-8-12/h2-10,14,19H,11H2,1H3,(H2,17,18,20)/t14-/m1/s1. The van der Waals surface area contributed by atoms with Gasteiger partial charge in [0, 0.05) is 0 Å². The third-order valence-electron chi connectivity index (χ3n) is 3.05. The molecule has 0 aliphatic carbocycles. The highest BCUT2D eigenvalue weighted by atomic mass is 16.5. The molecule has 0 saturated carbocycles. The van der Waals surface area contributed by atoms with Crippen molar-refractivity contribution in [2.24, 2.45) is 0 Å². The molecule has 0 spiro atoms. The van der Waals surface area contributed by atoms with Gasteiger partial charge in [-0.25, -0.2) is 4.79 Å². The molecule has 5 nitrogen and oxygen atoms in total. The minimum Gasteiger partial charge on any atom is -0.495 e. The maximum absolute atomic E-state index is 12.0. The third kappa shape index (κ3) is 3.97. The van der Waals surface area contributed by atoms with E-state index in [1.807, 2.05) is 36.4 Å². The molecular weight excluding hydrogens is 268 g/mol. The molecule has 5 heteroatoms. The van der Waals surface area contributed by atoms with Crippen LogP contribution in [0.4, 0.5) is 10.5 Å². The Labute approximate surface area is 123 Å². The van der Waals surface area contributed by atoms with Crippen LogP contribution in [0.5, 0.6) is 5.75 Å². The fourth-order valence-electron chi connectivity index (χ4n) is 1.98. The Kier molecular flexibility index (Phi) is 5.17. The van der Waals surface area contributed by atoms with Gasteiger partial charge >= 0.3 is 6.03 Å². The SMILES string of the molecule is COc1ccccc1NC(=O)N[C@H](CO)c1ccccc1. The van der Waals surface area contributed by atoms with Crippen LogP contribution in [0.1, 0.15) is 11.6 Å². The lowest BCUT2D eigenvalue weighted by Crippen LogP contribution is -2.34. The Balaban J connectivity index is 2.03. The number of rotatable bonds is 5. The van der Waals surface area contributed by atoms with Crippen molar-refractivity contribution in [2.75, 3.05) is 19.0 Å². The molecule has 2 aromatic rings. The van der Waals surface area contributed by atoms with Gasteiger partial charge in [-0.1, -0.05) is 42.5 Å². The molecule has 0 bridgehead atoms. The topological polar surface area (TPSA) is 70.6 Å². The van der Waals surface area contributed by atoms with Crippen LogP contribution in [-0.4, -0.2) is 24.9 Å². The fourth-order valence-corrected chi connectivity index (χ4v) is 1.98. The van der Waals surface area contributed by atoms with Gasteiger partial charge in [0.25, 0.3) is 0 Å². The minimum atomic E-state index is -0.457. The Morgan fingerprint density at radius 2 is 1.81 bits per heavy atom. The van der Waals surface area contributed by atoms with E-state index in [1.165, 1.54) is 0 Å². The van der Waals surface area contributed by atoms with Crippen molar-refractivity contribution in [3.63, 3.8) is 0 Å². The van der Waals surface area contributed by atoms with Crippen molar-refractivity contribution in [3.8, 4) is 5.75 Å². The first kappa shape index (κ1) is 14.9. The number of hydrogen-bond acceptors (Lipinski definition) is 3. The van der Waals surface area contributed by atoms with Gasteiger partial charge < -0.3 is 20.5 Å². The number of nitrogens with one attached hydrogen (secondary N) is 2. The molecule has 0 heterocycles. The third-order valence-corrected chi connectivity index (χ3v) is 3.05. The molecule has 0 aliphatic heterocycles. The second kappa shape index (κ2) is 7.31. The maximum Gasteiger partial charge on any atom is 0.319 e. The summed E-state index contributed by atoms with van der Waals surface area (Å²) >= 11 is 0. The molecule has 110 valence electrons. The quantitative estimate of drug-likeness (QED) is 0.791. The van der Waals surface area contributed by atoms with Crippen LogP contribution < -0.4 is 15.4 Å². The van der Waals surface area contributed by atoms with Gasteiger partial charge in [0.15, 0.2) is 0 Å². The van der Waals surface area contributed by atoms with Gasteiger partial charge in [0.2, 0.25) is 0 Å². The van der Waals surface area contributed by atoms with Crippen molar-refractivity contribution in [1.82, 2.24) is 5.32 Å². The van der Waals surface area contributed by atoms with Crippen molar-refractivity contribution in [3.05, 3.63) is 60.2 Å². The van der Waals surface area contributed by atoms with E-state index < -0.39 is 12.1 Å². The van der Waals surface area contributed by atoms with E-state index >= 15 is 0 Å². The van der Waals surface area contributed by atoms with E-state index in [0.29, 0.717) is 11.4 Å². The maximum atomic E-state index is 12.0. The summed E-state index contributed by atoms with van der Waals surface area (Å²) in [5, 5.41) is 14.9. The number of para-hydroxylation sites is 2. The Morgan fingerprint density at radius 3 is 2.48 bits per heavy atom. The van der Waals surface area contributed by atoms with E-state index in [1.54, 1.807) is 25.3 Å². The number of carbonyl (C=O) groups is 1. The number of hydrogen-bond donors (Lipinski definition) is 3. The molecule has 3 N–H and O–H groups in total. The number of aliphatic hydroxyl groups excluding tert-OH is 1. The zero-order chi connectivity index (χ0) is 15.1. The van der Waals surface area contributed by atoms with Crippen LogP contribution in [0, 0.1) is 0 Å². The number of methoxy groups -OCH3 is 1. The first-order valence-electron chi connectivity index (χ1n) is 6.61. The van der Waals surface area contributed by atoms with E-state index in [9.17, 15) is 9.90 Å². The van der Waals surface area contributed by atoms with Crippen LogP contribution in [0.2, 0.25) is 0 Å². The average molecular weight is 286 g/mol. The van der Waals surface area contributed by atoms with Gasteiger partial charge in [0.05, 0.1) is 25.4 Å². The van der Waals surface area contributed by atoms with Gasteiger partial charge in [0.1, 0.15) is 5.75 Å². The molecule has 0 unspecified atom stereocenters. The number of ether oxygens (including phenoxy) is 1. The van der Waals surface area contributed by atoms with Crippen LogP contribution in [-0.2, 0) is 0 Å². The lowest BCUT2D eigenvalue weighted by molar-refractivity contribution is 0.225. The first-order chi connectivity index (χ1) is 10.2. The summed E-state index contributed by atoms with van der Waals surface area (Å²) in [7, 11) is 1.54. The second-order valence-electron chi connectivity index (χ2n) is 4.44. The van der Waals surface area contributed by atoms with Crippen LogP contribution in [0.25, 0.3) is 0 Å². The summed E-state index contributed by atoms with van der Waals surface area (Å²) in [6.45, 7) is -0.177. The normalized spacial score (nSPS) is 11.5. The van der Waals surface area contributed by atoms with Gasteiger partial charge in [-0.15, -0.1) is 0 Å². The molecule has 0 aliphatic rings. The van der Waals surface area contributed by atoms with E-state index in [-0.39, 0.29) is 6.61 Å². The molecule has 0 saturated heterocycles. The average Bonchev–Trinajstić information content (AvgIpc) is 2.54. The minimum absolute atomic E-state index is 0.177. The first-order valence-corrected chi connectivity index (χ1v) is 6.61. The number of urea groups is 1. The fraction of sp³-hybridized carbons (Fsp3) is 0.188.